The number of Topliss-reactive ketones (excluding diaryl/α,β-unsaturated/α-hetero) is 3. The van der Waals surface area contributed by atoms with Crippen LogP contribution in [0.1, 0.15) is 98.1 Å². The maximum absolute atomic E-state index is 13.6. The molecule has 5 aliphatic carbocycles. The van der Waals surface area contributed by atoms with E-state index < -0.39 is 171 Å². The third-order valence-electron chi connectivity index (χ3n) is 14.8. The van der Waals surface area contributed by atoms with Gasteiger partial charge in [-0.15, -0.1) is 12.4 Å². The molecule has 0 spiro atoms. The number of amides is 1. The Morgan fingerprint density at radius 3 is 2.12 bits per heavy atom. The van der Waals surface area contributed by atoms with Gasteiger partial charge in [0, 0.05) is 59.4 Å². The number of aliphatic hydroxyl groups is 7. The van der Waals surface area contributed by atoms with Gasteiger partial charge in [-0.25, -0.2) is 0 Å². The minimum Gasteiger partial charge on any atom is -0.510 e. The third-order valence-corrected chi connectivity index (χ3v) is 14.8. The average Bonchev–Trinajstić information content (AvgIpc) is 3.30. The van der Waals surface area contributed by atoms with Crippen molar-refractivity contribution in [2.45, 2.75) is 93.0 Å². The molecule has 0 saturated carbocycles. The Morgan fingerprint density at radius 1 is 0.889 bits per heavy atom. The number of carbonyl (C=O) groups excluding carboxylic acids is 6. The molecule has 386 valence electrons. The number of methoxy groups -OCH3 is 1. The number of likely N-dealkylation sites (N-methyl/N-ethyl adjacent to an activating group) is 1. The lowest BCUT2D eigenvalue weighted by molar-refractivity contribution is -0.247. The first-order valence-corrected chi connectivity index (χ1v) is 22.4. The number of carbonyl (C=O) groups is 6. The first-order chi connectivity index (χ1) is 33.2. The summed E-state index contributed by atoms with van der Waals surface area (Å²) in [6, 6.07) is 6.69. The van der Waals surface area contributed by atoms with E-state index in [-0.39, 0.29) is 64.4 Å². The van der Waals surface area contributed by atoms with Crippen LogP contribution in [0.25, 0.3) is 0 Å². The van der Waals surface area contributed by atoms with E-state index in [1.807, 2.05) is 0 Å². The highest BCUT2D eigenvalue weighted by Gasteiger charge is 2.66. The summed E-state index contributed by atoms with van der Waals surface area (Å²) in [6.07, 6.45) is -5.32. The fraction of sp³-hybridized carbons (Fsp3) is 0.429. The van der Waals surface area contributed by atoms with Crippen LogP contribution in [-0.2, 0) is 35.9 Å². The predicted molar refractivity (Wildman–Crippen MR) is 249 cm³/mol. The second-order valence-corrected chi connectivity index (χ2v) is 19.1. The summed E-state index contributed by atoms with van der Waals surface area (Å²) in [7, 11) is 4.38. The second-order valence-electron chi connectivity index (χ2n) is 19.1. The van der Waals surface area contributed by atoms with Crippen LogP contribution in [0.4, 0.5) is 0 Å². The van der Waals surface area contributed by atoms with Crippen LogP contribution in [0.15, 0.2) is 59.1 Å². The number of ether oxygens (including phenoxy) is 3. The number of fused-ring (bicyclic) bond motifs is 6. The van der Waals surface area contributed by atoms with Gasteiger partial charge in [0.15, 0.2) is 29.2 Å². The number of primary amides is 1. The van der Waals surface area contributed by atoms with Crippen molar-refractivity contribution in [1.29, 1.82) is 0 Å². The molecule has 0 radical (unpaired) electrons. The van der Waals surface area contributed by atoms with Gasteiger partial charge in [-0.3, -0.25) is 33.7 Å². The Morgan fingerprint density at radius 2 is 1.53 bits per heavy atom. The Hall–Kier alpha value is -6.31. The molecule has 1 fully saturated rings. The van der Waals surface area contributed by atoms with Crippen LogP contribution in [0.5, 0.6) is 23.0 Å². The standard InChI is InChI=1S/C27H29NO11.C22H24N2O8.ClH/c1-10-22(31)13(28)6-17(38-10)39-15-8-27(36,16(30)9-29)7-12-19(15)26(35)21-20(24(12)33)23(32)11-4-3-5-14(37-2)18(11)25(21)34;1-21(31)8-5-4-6-11(25)12(8)16(26)13-9(21)7-10-15(24(2)3)17(27)14(20(23)30)19(29)22(10,32)18(13)28;/h3-5,10,13,15,17,22,29,31,33,35-36H,6-9,28H2,1-2H3;4-6,9-10,15,25,27-28,31-32H,7H2,1-3H3,(H2,23,30);1H/t10?,13?,15-,17?,22?,27-;9-,10-,15-,21+,22-;/m00./s1. The van der Waals surface area contributed by atoms with Gasteiger partial charge in [0.05, 0.1) is 59.3 Å². The molecule has 72 heavy (non-hydrogen) atoms. The Kier molecular flexibility index (Phi) is 13.8. The third kappa shape index (κ3) is 7.75. The minimum atomic E-state index is -2.75. The van der Waals surface area contributed by atoms with Gasteiger partial charge >= 0.3 is 0 Å². The van der Waals surface area contributed by atoms with Crippen LogP contribution >= 0.6 is 12.4 Å². The first-order valence-electron chi connectivity index (χ1n) is 22.4. The lowest BCUT2D eigenvalue weighted by Gasteiger charge is -2.52. The summed E-state index contributed by atoms with van der Waals surface area (Å²) in [5.41, 5.74) is 1.72. The molecule has 0 bridgehead atoms. The van der Waals surface area contributed by atoms with Gasteiger partial charge in [-0.05, 0) is 52.1 Å². The SMILES string of the molecule is CN(C)[C@@H]1C(O)=C(C(N)=O)C(=O)[C@@]2(O)C(O)=C3C(=O)c4c(O)cccc4[C@@](C)(O)[C@H]3C[C@@H]12.COc1cccc2c1C(=O)c1c(O)c3c(c(O)c1C2=O)C[C@@](O)(C(=O)CO)C[C@@H]3OC1CC(N)C(O)C(C)O1.Cl. The summed E-state index contributed by atoms with van der Waals surface area (Å²) in [5.74, 6) is -11.7. The molecule has 1 aliphatic heterocycles. The van der Waals surface area contributed by atoms with E-state index in [2.05, 4.69) is 0 Å². The van der Waals surface area contributed by atoms with Gasteiger partial charge in [0.1, 0.15) is 52.3 Å². The van der Waals surface area contributed by atoms with Crippen molar-refractivity contribution in [1.82, 2.24) is 4.90 Å². The number of halogens is 1. The molecule has 9 rings (SSSR count). The monoisotopic (exact) mass is 1020 g/mol. The number of hydrogen-bond donors (Lipinski definition) is 12. The summed E-state index contributed by atoms with van der Waals surface area (Å²) < 4.78 is 17.0. The molecule has 23 heteroatoms. The number of phenols is 3. The predicted octanol–water partition coefficient (Wildman–Crippen LogP) is 0.209. The minimum absolute atomic E-state index is 0. The zero-order valence-corrected chi connectivity index (χ0v) is 40.1. The fourth-order valence-corrected chi connectivity index (χ4v) is 11.3. The molecule has 0 aromatic heterocycles. The largest absolute Gasteiger partial charge is 0.510 e. The summed E-state index contributed by atoms with van der Waals surface area (Å²) in [5, 5.41) is 109. The quantitative estimate of drug-likeness (QED) is 0.0869. The topological polar surface area (TPSA) is 388 Å². The number of aliphatic hydroxyl groups excluding tert-OH is 4. The van der Waals surface area contributed by atoms with E-state index in [9.17, 15) is 79.8 Å². The van der Waals surface area contributed by atoms with E-state index in [1.165, 1.54) is 69.4 Å². The van der Waals surface area contributed by atoms with Crippen molar-refractivity contribution in [3.05, 3.63) is 104 Å². The van der Waals surface area contributed by atoms with E-state index in [0.717, 1.165) is 0 Å². The van der Waals surface area contributed by atoms with Crippen LogP contribution in [0.3, 0.4) is 0 Å². The number of aromatic hydroxyl groups is 3. The van der Waals surface area contributed by atoms with Gasteiger partial charge < -0.3 is 76.7 Å². The maximum Gasteiger partial charge on any atom is 0.255 e. The van der Waals surface area contributed by atoms with E-state index in [0.29, 0.717) is 0 Å². The van der Waals surface area contributed by atoms with E-state index >= 15 is 0 Å². The van der Waals surface area contributed by atoms with E-state index in [1.54, 1.807) is 6.92 Å². The van der Waals surface area contributed by atoms with Gasteiger partial charge in [-0.2, -0.15) is 0 Å². The van der Waals surface area contributed by atoms with Crippen molar-refractivity contribution in [2.24, 2.45) is 23.3 Å². The number of phenolic OH excluding ortho intramolecular Hbond substituents is 3. The number of benzene rings is 3. The number of rotatable bonds is 7. The Balaban J connectivity index is 0.000000212. The highest BCUT2D eigenvalue weighted by molar-refractivity contribution is 6.31. The number of nitrogens with zero attached hydrogens (tertiary/aromatic N) is 1. The van der Waals surface area contributed by atoms with Crippen LogP contribution < -0.4 is 16.2 Å². The Bertz CT molecular complexity index is 2920. The highest BCUT2D eigenvalue weighted by atomic mass is 35.5. The first kappa shape index (κ1) is 53.5. The van der Waals surface area contributed by atoms with Gasteiger partial charge in [-0.1, -0.05) is 24.3 Å². The maximum atomic E-state index is 13.6. The molecule has 1 saturated heterocycles. The Labute approximate surface area is 415 Å². The number of nitrogens with two attached hydrogens (primary N) is 2. The van der Waals surface area contributed by atoms with Crippen molar-refractivity contribution >= 4 is 47.2 Å². The number of ketones is 5. The summed E-state index contributed by atoms with van der Waals surface area (Å²) in [6.45, 7) is 1.96. The summed E-state index contributed by atoms with van der Waals surface area (Å²) in [4.78, 5) is 79.6. The fourth-order valence-electron chi connectivity index (χ4n) is 11.3. The zero-order chi connectivity index (χ0) is 52.3. The van der Waals surface area contributed by atoms with Crippen molar-refractivity contribution in [3.63, 3.8) is 0 Å². The van der Waals surface area contributed by atoms with Crippen LogP contribution in [0.2, 0.25) is 0 Å². The molecule has 11 atom stereocenters. The van der Waals surface area contributed by atoms with Gasteiger partial charge in [0.2, 0.25) is 11.6 Å². The molecule has 4 unspecified atom stereocenters. The smallest absolute Gasteiger partial charge is 0.255 e. The normalized spacial score (nSPS) is 31.4. The summed E-state index contributed by atoms with van der Waals surface area (Å²) >= 11 is 0. The highest BCUT2D eigenvalue weighted by Crippen LogP contribution is 2.57. The molecular formula is C49H54ClN3O19. The lowest BCUT2D eigenvalue weighted by Crippen LogP contribution is -2.65. The molecule has 14 N–H and O–H groups in total. The van der Waals surface area contributed by atoms with Crippen LogP contribution in [-0.4, -0.2) is 160 Å². The van der Waals surface area contributed by atoms with Crippen LogP contribution in [0, 0.1) is 11.8 Å². The lowest BCUT2D eigenvalue weighted by atomic mass is 9.55. The second kappa shape index (κ2) is 18.6. The van der Waals surface area contributed by atoms with Crippen molar-refractivity contribution in [3.8, 4) is 23.0 Å². The molecule has 3 aromatic carbocycles. The molecule has 1 heterocycles. The van der Waals surface area contributed by atoms with Gasteiger partial charge in [0.25, 0.3) is 5.91 Å². The average molecular weight is 1020 g/mol. The molecule has 6 aliphatic rings. The van der Waals surface area contributed by atoms with Crippen molar-refractivity contribution in [2.75, 3.05) is 27.8 Å². The molecular weight excluding hydrogens is 970 g/mol. The molecule has 1 amide bonds. The van der Waals surface area contributed by atoms with E-state index in [4.69, 9.17) is 25.7 Å². The molecule has 3 aromatic rings. The van der Waals surface area contributed by atoms with Crippen molar-refractivity contribution < 1.29 is 94.0 Å². The zero-order valence-electron chi connectivity index (χ0n) is 39.3. The molecule has 22 nitrogen and oxygen atoms in total. The number of hydrogen-bond acceptors (Lipinski definition) is 21.